The van der Waals surface area contributed by atoms with E-state index < -0.39 is 0 Å². The van der Waals surface area contributed by atoms with Gasteiger partial charge in [-0.1, -0.05) is 0 Å². The third-order valence-corrected chi connectivity index (χ3v) is 2.90. The van der Waals surface area contributed by atoms with Gasteiger partial charge in [0.05, 0.1) is 0 Å². The van der Waals surface area contributed by atoms with Crippen LogP contribution < -0.4 is 5.32 Å². The van der Waals surface area contributed by atoms with Gasteiger partial charge in [-0.2, -0.15) is 0 Å². The van der Waals surface area contributed by atoms with E-state index in [1.807, 2.05) is 12.4 Å². The lowest BCUT2D eigenvalue weighted by Crippen LogP contribution is -2.37. The van der Waals surface area contributed by atoms with E-state index in [2.05, 4.69) is 21.3 Å². The number of aromatic amines is 1. The summed E-state index contributed by atoms with van der Waals surface area (Å²) in [5.74, 6) is 0. The van der Waals surface area contributed by atoms with Crippen molar-refractivity contribution < 1.29 is 0 Å². The van der Waals surface area contributed by atoms with Gasteiger partial charge in [0.2, 0.25) is 0 Å². The fourth-order valence-corrected chi connectivity index (χ4v) is 1.93. The summed E-state index contributed by atoms with van der Waals surface area (Å²) in [6.07, 6.45) is 6.45. The van der Waals surface area contributed by atoms with E-state index in [0.29, 0.717) is 0 Å². The van der Waals surface area contributed by atoms with E-state index in [1.54, 1.807) is 0 Å². The molecule has 2 heterocycles. The van der Waals surface area contributed by atoms with E-state index in [0.717, 1.165) is 24.7 Å². The van der Waals surface area contributed by atoms with Gasteiger partial charge in [-0.25, -0.2) is 0 Å². The average Bonchev–Trinajstić information content (AvgIpc) is 2.87. The highest BCUT2D eigenvalue weighted by molar-refractivity contribution is 7.80. The Morgan fingerprint density at radius 2 is 2.29 bits per heavy atom. The molecule has 2 rings (SSSR count). The van der Waals surface area contributed by atoms with Crippen molar-refractivity contribution in [2.24, 2.45) is 0 Å². The number of H-pyrrole nitrogens is 1. The molecule has 0 radical (unpaired) electrons. The molecule has 0 spiro atoms. The van der Waals surface area contributed by atoms with Gasteiger partial charge in [0.1, 0.15) is 0 Å². The summed E-state index contributed by atoms with van der Waals surface area (Å²) in [5.41, 5.74) is 1.24. The normalized spacial score (nSPS) is 15.9. The monoisotopic (exact) mass is 209 g/mol. The van der Waals surface area contributed by atoms with E-state index in [1.165, 1.54) is 18.4 Å². The molecular weight excluding hydrogens is 194 g/mol. The molecule has 0 saturated carbocycles. The second-order valence-electron chi connectivity index (χ2n) is 3.57. The topological polar surface area (TPSA) is 31.1 Å². The first-order valence-corrected chi connectivity index (χ1v) is 5.41. The molecule has 1 aliphatic heterocycles. The van der Waals surface area contributed by atoms with Crippen molar-refractivity contribution in [3.05, 3.63) is 24.0 Å². The van der Waals surface area contributed by atoms with Crippen molar-refractivity contribution in [3.8, 4) is 0 Å². The predicted molar refractivity (Wildman–Crippen MR) is 61.0 cm³/mol. The molecule has 4 heteroatoms. The molecule has 0 bridgehead atoms. The molecule has 3 nitrogen and oxygen atoms in total. The van der Waals surface area contributed by atoms with Crippen molar-refractivity contribution in [3.63, 3.8) is 0 Å². The second-order valence-corrected chi connectivity index (χ2v) is 3.96. The van der Waals surface area contributed by atoms with Crippen molar-refractivity contribution in [2.75, 3.05) is 13.1 Å². The SMILES string of the molecule is S=C(NCc1cc[nH]c1)N1CCCC1. The van der Waals surface area contributed by atoms with E-state index in [-0.39, 0.29) is 0 Å². The highest BCUT2D eigenvalue weighted by Crippen LogP contribution is 2.07. The Labute approximate surface area is 89.5 Å². The van der Waals surface area contributed by atoms with E-state index in [4.69, 9.17) is 12.2 Å². The Bertz CT molecular complexity index is 288. The summed E-state index contributed by atoms with van der Waals surface area (Å²) in [6, 6.07) is 2.06. The van der Waals surface area contributed by atoms with Crippen LogP contribution in [0.4, 0.5) is 0 Å². The van der Waals surface area contributed by atoms with Crippen molar-refractivity contribution >= 4 is 17.3 Å². The summed E-state index contributed by atoms with van der Waals surface area (Å²) in [6.45, 7) is 3.04. The van der Waals surface area contributed by atoms with Crippen LogP contribution in [-0.2, 0) is 6.54 Å². The number of rotatable bonds is 2. The van der Waals surface area contributed by atoms with E-state index in [9.17, 15) is 0 Å². The van der Waals surface area contributed by atoms with Crippen LogP contribution in [0.15, 0.2) is 18.5 Å². The lowest BCUT2D eigenvalue weighted by molar-refractivity contribution is 0.506. The lowest BCUT2D eigenvalue weighted by Gasteiger charge is -2.19. The van der Waals surface area contributed by atoms with Crippen molar-refractivity contribution in [1.82, 2.24) is 15.2 Å². The van der Waals surface area contributed by atoms with Crippen LogP contribution in [0, 0.1) is 0 Å². The van der Waals surface area contributed by atoms with Crippen LogP contribution in [0.5, 0.6) is 0 Å². The molecular formula is C10H15N3S. The van der Waals surface area contributed by atoms with Gasteiger partial charge in [0.15, 0.2) is 5.11 Å². The zero-order chi connectivity index (χ0) is 9.80. The van der Waals surface area contributed by atoms with Gasteiger partial charge < -0.3 is 15.2 Å². The molecule has 0 amide bonds. The fraction of sp³-hybridized carbons (Fsp3) is 0.500. The fourth-order valence-electron chi connectivity index (χ4n) is 1.68. The first kappa shape index (κ1) is 9.52. The molecule has 0 atom stereocenters. The maximum atomic E-state index is 5.29. The van der Waals surface area contributed by atoms with Crippen LogP contribution in [0.3, 0.4) is 0 Å². The Kier molecular flexibility index (Phi) is 3.03. The number of hydrogen-bond donors (Lipinski definition) is 2. The van der Waals surface area contributed by atoms with Crippen LogP contribution >= 0.6 is 12.2 Å². The first-order valence-electron chi connectivity index (χ1n) is 5.01. The Morgan fingerprint density at radius 3 is 2.93 bits per heavy atom. The predicted octanol–water partition coefficient (Wildman–Crippen LogP) is 1.49. The quantitative estimate of drug-likeness (QED) is 0.724. The third-order valence-electron chi connectivity index (χ3n) is 2.50. The minimum Gasteiger partial charge on any atom is -0.367 e. The lowest BCUT2D eigenvalue weighted by atomic mass is 10.3. The number of aromatic nitrogens is 1. The Hall–Kier alpha value is -1.03. The maximum Gasteiger partial charge on any atom is 0.169 e. The Morgan fingerprint density at radius 1 is 1.50 bits per heavy atom. The number of nitrogens with zero attached hydrogens (tertiary/aromatic N) is 1. The molecule has 0 aromatic carbocycles. The van der Waals surface area contributed by atoms with Crippen molar-refractivity contribution in [1.29, 1.82) is 0 Å². The average molecular weight is 209 g/mol. The second kappa shape index (κ2) is 4.46. The molecule has 0 aliphatic carbocycles. The highest BCUT2D eigenvalue weighted by atomic mass is 32.1. The smallest absolute Gasteiger partial charge is 0.169 e. The molecule has 1 aromatic rings. The van der Waals surface area contributed by atoms with Crippen LogP contribution in [0.1, 0.15) is 18.4 Å². The maximum absolute atomic E-state index is 5.29. The molecule has 0 unspecified atom stereocenters. The minimum absolute atomic E-state index is 0.818. The molecule has 76 valence electrons. The zero-order valence-electron chi connectivity index (χ0n) is 8.12. The van der Waals surface area contributed by atoms with Crippen LogP contribution in [0.2, 0.25) is 0 Å². The molecule has 14 heavy (non-hydrogen) atoms. The number of nitrogens with one attached hydrogen (secondary N) is 2. The third kappa shape index (κ3) is 2.26. The molecule has 2 N–H and O–H groups in total. The standard InChI is InChI=1S/C10H15N3S/c14-10(13-5-1-2-6-13)12-8-9-3-4-11-7-9/h3-4,7,11H,1-2,5-6,8H2,(H,12,14). The zero-order valence-corrected chi connectivity index (χ0v) is 8.94. The largest absolute Gasteiger partial charge is 0.367 e. The summed E-state index contributed by atoms with van der Waals surface area (Å²) in [4.78, 5) is 5.26. The molecule has 1 aliphatic rings. The van der Waals surface area contributed by atoms with Gasteiger partial charge in [-0.3, -0.25) is 0 Å². The summed E-state index contributed by atoms with van der Waals surface area (Å²) >= 11 is 5.29. The van der Waals surface area contributed by atoms with Gasteiger partial charge in [-0.05, 0) is 36.7 Å². The van der Waals surface area contributed by atoms with Crippen molar-refractivity contribution in [2.45, 2.75) is 19.4 Å². The summed E-state index contributed by atoms with van der Waals surface area (Å²) < 4.78 is 0. The first-order chi connectivity index (χ1) is 6.86. The summed E-state index contributed by atoms with van der Waals surface area (Å²) in [5, 5.41) is 4.16. The van der Waals surface area contributed by atoms with Gasteiger partial charge in [0.25, 0.3) is 0 Å². The van der Waals surface area contributed by atoms with Crippen LogP contribution in [0.25, 0.3) is 0 Å². The number of hydrogen-bond acceptors (Lipinski definition) is 1. The number of thiocarbonyl (C=S) groups is 1. The molecule has 1 fully saturated rings. The van der Waals surface area contributed by atoms with Crippen LogP contribution in [-0.4, -0.2) is 28.1 Å². The van der Waals surface area contributed by atoms with E-state index >= 15 is 0 Å². The highest BCUT2D eigenvalue weighted by Gasteiger charge is 2.13. The molecule has 1 saturated heterocycles. The Balaban J connectivity index is 1.77. The van der Waals surface area contributed by atoms with Gasteiger partial charge in [0, 0.05) is 32.0 Å². The number of likely N-dealkylation sites (tertiary alicyclic amines) is 1. The summed E-state index contributed by atoms with van der Waals surface area (Å²) in [7, 11) is 0. The van der Waals surface area contributed by atoms with Gasteiger partial charge in [-0.15, -0.1) is 0 Å². The minimum atomic E-state index is 0.818. The van der Waals surface area contributed by atoms with Gasteiger partial charge >= 0.3 is 0 Å². The molecule has 1 aromatic heterocycles.